The lowest BCUT2D eigenvalue weighted by Crippen LogP contribution is -2.58. The number of hydrogen-bond acceptors (Lipinski definition) is 2. The maximum Gasteiger partial charge on any atom is 0.106 e. The van der Waals surface area contributed by atoms with Crippen LogP contribution in [-0.4, -0.2) is 29.9 Å². The van der Waals surface area contributed by atoms with Crippen LogP contribution < -0.4 is 0 Å². The van der Waals surface area contributed by atoms with Crippen LogP contribution in [-0.2, 0) is 0 Å². The molecule has 54 valence electrons. The Kier molecular flexibility index (Phi) is 0.857. The summed E-state index contributed by atoms with van der Waals surface area (Å²) in [7, 11) is 0. The number of hydrogen-bond donors (Lipinski definition) is 0. The molecule has 10 heavy (non-hydrogen) atoms. The van der Waals surface area contributed by atoms with E-state index in [0.29, 0.717) is 6.17 Å². The van der Waals surface area contributed by atoms with Gasteiger partial charge in [-0.2, -0.15) is 0 Å². The van der Waals surface area contributed by atoms with E-state index in [1.165, 1.54) is 19.3 Å². The topological polar surface area (TPSA) is 15.6 Å². The predicted octanol–water partition coefficient (Wildman–Crippen LogP) is 0.881. The van der Waals surface area contributed by atoms with Gasteiger partial charge in [-0.05, 0) is 12.8 Å². The zero-order chi connectivity index (χ0) is 6.55. The van der Waals surface area contributed by atoms with E-state index in [1.54, 1.807) is 0 Å². The van der Waals surface area contributed by atoms with E-state index in [9.17, 15) is 0 Å². The van der Waals surface area contributed by atoms with Crippen molar-refractivity contribution in [3.63, 3.8) is 0 Å². The number of aliphatic imine (C=N–C) groups is 1. The normalized spacial score (nSPS) is 50.6. The molecule has 0 bridgehead atoms. The molecule has 3 unspecified atom stereocenters. The molecule has 2 heteroatoms. The van der Waals surface area contributed by atoms with E-state index in [-0.39, 0.29) is 0 Å². The predicted molar refractivity (Wildman–Crippen MR) is 40.1 cm³/mol. The van der Waals surface area contributed by atoms with Crippen molar-refractivity contribution in [3.05, 3.63) is 0 Å². The molecule has 3 aliphatic rings. The van der Waals surface area contributed by atoms with Crippen LogP contribution in [0.3, 0.4) is 0 Å². The zero-order valence-corrected chi connectivity index (χ0v) is 6.03. The minimum absolute atomic E-state index is 0.618. The van der Waals surface area contributed by atoms with Gasteiger partial charge in [0.2, 0.25) is 0 Å². The quantitative estimate of drug-likeness (QED) is 0.482. The monoisotopic (exact) mass is 136 g/mol. The second kappa shape index (κ2) is 1.62. The molecule has 1 saturated heterocycles. The molecule has 0 N–H and O–H groups in total. The molecule has 0 radical (unpaired) electrons. The molecular weight excluding hydrogens is 124 g/mol. The molecule has 0 aromatic heterocycles. The number of fused-ring (bicyclic) bond motifs is 4. The minimum Gasteiger partial charge on any atom is -0.277 e. The summed E-state index contributed by atoms with van der Waals surface area (Å²) in [5.74, 6) is 0.943. The second-order valence-corrected chi connectivity index (χ2v) is 3.60. The Morgan fingerprint density at radius 2 is 2.40 bits per heavy atom. The SMILES string of the molecule is C1=NC2C3CCCC3N2C1. The van der Waals surface area contributed by atoms with Gasteiger partial charge in [-0.15, -0.1) is 0 Å². The molecule has 1 aliphatic carbocycles. The summed E-state index contributed by atoms with van der Waals surface area (Å²) in [5.41, 5.74) is 0. The second-order valence-electron chi connectivity index (χ2n) is 3.60. The van der Waals surface area contributed by atoms with Gasteiger partial charge in [-0.3, -0.25) is 9.89 Å². The van der Waals surface area contributed by atoms with E-state index in [4.69, 9.17) is 0 Å². The first kappa shape index (κ1) is 5.30. The molecule has 0 aromatic rings. The third kappa shape index (κ3) is 0.439. The number of nitrogens with zero attached hydrogens (tertiary/aromatic N) is 2. The van der Waals surface area contributed by atoms with Gasteiger partial charge in [0.25, 0.3) is 0 Å². The smallest absolute Gasteiger partial charge is 0.106 e. The van der Waals surface area contributed by atoms with Gasteiger partial charge >= 0.3 is 0 Å². The van der Waals surface area contributed by atoms with Crippen LogP contribution in [0, 0.1) is 5.92 Å². The third-order valence-corrected chi connectivity index (χ3v) is 3.23. The molecule has 2 aliphatic heterocycles. The van der Waals surface area contributed by atoms with Crippen molar-refractivity contribution in [3.8, 4) is 0 Å². The van der Waals surface area contributed by atoms with Crippen LogP contribution in [0.4, 0.5) is 0 Å². The molecule has 2 fully saturated rings. The fourth-order valence-corrected chi connectivity index (χ4v) is 2.76. The highest BCUT2D eigenvalue weighted by atomic mass is 15.4. The molecule has 0 aromatic carbocycles. The molecule has 2 heterocycles. The molecule has 1 saturated carbocycles. The van der Waals surface area contributed by atoms with Crippen molar-refractivity contribution in [2.75, 3.05) is 6.54 Å². The summed E-state index contributed by atoms with van der Waals surface area (Å²) in [5, 5.41) is 0. The Morgan fingerprint density at radius 3 is 3.40 bits per heavy atom. The maximum absolute atomic E-state index is 4.45. The highest BCUT2D eigenvalue weighted by Crippen LogP contribution is 2.45. The fourth-order valence-electron chi connectivity index (χ4n) is 2.76. The maximum atomic E-state index is 4.45. The molecule has 0 spiro atoms. The Labute approximate surface area is 60.9 Å². The van der Waals surface area contributed by atoms with Gasteiger partial charge in [-0.25, -0.2) is 0 Å². The van der Waals surface area contributed by atoms with Gasteiger partial charge in [-0.1, -0.05) is 6.42 Å². The van der Waals surface area contributed by atoms with E-state index in [1.807, 2.05) is 0 Å². The summed E-state index contributed by atoms with van der Waals surface area (Å²) < 4.78 is 0. The van der Waals surface area contributed by atoms with Gasteiger partial charge < -0.3 is 0 Å². The average molecular weight is 136 g/mol. The Balaban J connectivity index is 1.88. The molecule has 2 nitrogen and oxygen atoms in total. The van der Waals surface area contributed by atoms with Crippen molar-refractivity contribution in [1.82, 2.24) is 4.90 Å². The lowest BCUT2D eigenvalue weighted by atomic mass is 9.89. The minimum atomic E-state index is 0.618. The summed E-state index contributed by atoms with van der Waals surface area (Å²) in [4.78, 5) is 6.99. The van der Waals surface area contributed by atoms with Crippen LogP contribution in [0.15, 0.2) is 4.99 Å². The highest BCUT2D eigenvalue weighted by molar-refractivity contribution is 5.63. The first-order chi connectivity index (χ1) is 4.97. The van der Waals surface area contributed by atoms with E-state index in [0.717, 1.165) is 18.5 Å². The lowest BCUT2D eigenvalue weighted by Gasteiger charge is -2.46. The Morgan fingerprint density at radius 1 is 1.40 bits per heavy atom. The van der Waals surface area contributed by atoms with E-state index in [2.05, 4.69) is 16.1 Å². The highest BCUT2D eigenvalue weighted by Gasteiger charge is 2.51. The van der Waals surface area contributed by atoms with Gasteiger partial charge in [0.05, 0.1) is 0 Å². The van der Waals surface area contributed by atoms with Crippen molar-refractivity contribution < 1.29 is 0 Å². The standard InChI is InChI=1S/C8H12N2/c1-2-6-7(3-1)10-5-4-9-8(6)10/h4,6-8H,1-3,5H2. The van der Waals surface area contributed by atoms with Crippen molar-refractivity contribution >= 4 is 6.21 Å². The molecule has 3 rings (SSSR count). The van der Waals surface area contributed by atoms with Crippen LogP contribution in [0.2, 0.25) is 0 Å². The van der Waals surface area contributed by atoms with Crippen molar-refractivity contribution in [2.45, 2.75) is 31.5 Å². The molecular formula is C8H12N2. The Hall–Kier alpha value is -0.370. The molecule has 3 atom stereocenters. The largest absolute Gasteiger partial charge is 0.277 e. The average Bonchev–Trinajstić information content (AvgIpc) is 2.42. The summed E-state index contributed by atoms with van der Waals surface area (Å²) in [6.45, 7) is 1.13. The van der Waals surface area contributed by atoms with Gasteiger partial charge in [0, 0.05) is 24.7 Å². The first-order valence-electron chi connectivity index (χ1n) is 4.24. The van der Waals surface area contributed by atoms with Crippen molar-refractivity contribution in [1.29, 1.82) is 0 Å². The third-order valence-electron chi connectivity index (χ3n) is 3.23. The fraction of sp³-hybridized carbons (Fsp3) is 0.875. The molecule has 0 amide bonds. The summed E-state index contributed by atoms with van der Waals surface area (Å²) >= 11 is 0. The number of rotatable bonds is 0. The van der Waals surface area contributed by atoms with Crippen LogP contribution in [0.5, 0.6) is 0 Å². The van der Waals surface area contributed by atoms with Gasteiger partial charge in [0.1, 0.15) is 6.17 Å². The van der Waals surface area contributed by atoms with Gasteiger partial charge in [0.15, 0.2) is 0 Å². The summed E-state index contributed by atoms with van der Waals surface area (Å²) in [6, 6.07) is 0.924. The zero-order valence-electron chi connectivity index (χ0n) is 6.03. The lowest BCUT2D eigenvalue weighted by molar-refractivity contribution is -0.00514. The van der Waals surface area contributed by atoms with E-state index >= 15 is 0 Å². The Bertz CT molecular complexity index is 188. The van der Waals surface area contributed by atoms with Crippen LogP contribution >= 0.6 is 0 Å². The summed E-state index contributed by atoms with van der Waals surface area (Å²) in [6.07, 6.45) is 7.02. The van der Waals surface area contributed by atoms with Crippen LogP contribution in [0.1, 0.15) is 19.3 Å². The van der Waals surface area contributed by atoms with Crippen molar-refractivity contribution in [2.24, 2.45) is 10.9 Å². The van der Waals surface area contributed by atoms with E-state index < -0.39 is 0 Å². The van der Waals surface area contributed by atoms with Crippen LogP contribution in [0.25, 0.3) is 0 Å². The first-order valence-corrected chi connectivity index (χ1v) is 4.24.